The Labute approximate surface area is 342 Å². The summed E-state index contributed by atoms with van der Waals surface area (Å²) in [6.45, 7) is 24.1. The van der Waals surface area contributed by atoms with Gasteiger partial charge in [0.15, 0.2) is 0 Å². The number of hydrogen-bond acceptors (Lipinski definition) is 3. The molecule has 4 nitrogen and oxygen atoms in total. The van der Waals surface area contributed by atoms with Gasteiger partial charge in [0.05, 0.1) is 16.9 Å². The molecule has 0 unspecified atom stereocenters. The molecule has 0 amide bonds. The van der Waals surface area contributed by atoms with Crippen molar-refractivity contribution in [3.8, 4) is 45.2 Å². The summed E-state index contributed by atoms with van der Waals surface area (Å²) in [5, 5.41) is 13.1. The molecule has 0 aliphatic carbocycles. The van der Waals surface area contributed by atoms with Gasteiger partial charge in [0.2, 0.25) is 0 Å². The molecular formula is C50H54IrN3O-. The molecule has 0 aliphatic rings. The minimum absolute atomic E-state index is 0. The van der Waals surface area contributed by atoms with Gasteiger partial charge in [-0.2, -0.15) is 0 Å². The number of pyridine rings is 1. The first kappa shape index (κ1) is 41.3. The Kier molecular flexibility index (Phi) is 13.0. The van der Waals surface area contributed by atoms with E-state index in [0.29, 0.717) is 17.8 Å². The molecule has 0 saturated carbocycles. The van der Waals surface area contributed by atoms with E-state index in [-0.39, 0.29) is 25.9 Å². The summed E-state index contributed by atoms with van der Waals surface area (Å²) in [5.74, 6) is 2.22. The molecule has 5 heteroatoms. The largest absolute Gasteiger partial charge is 0.507 e. The zero-order chi connectivity index (χ0) is 38.8. The number of rotatable bonds is 7. The van der Waals surface area contributed by atoms with Gasteiger partial charge in [0.1, 0.15) is 11.6 Å². The van der Waals surface area contributed by atoms with Crippen molar-refractivity contribution < 1.29 is 25.2 Å². The monoisotopic (exact) mass is 905 g/mol. The van der Waals surface area contributed by atoms with Crippen molar-refractivity contribution in [1.82, 2.24) is 14.5 Å². The van der Waals surface area contributed by atoms with E-state index in [1.165, 1.54) is 55.4 Å². The van der Waals surface area contributed by atoms with Crippen molar-refractivity contribution in [1.29, 1.82) is 0 Å². The molecule has 7 rings (SSSR count). The van der Waals surface area contributed by atoms with E-state index in [2.05, 4.69) is 158 Å². The molecule has 0 saturated heterocycles. The van der Waals surface area contributed by atoms with Crippen LogP contribution in [0.4, 0.5) is 0 Å². The number of benzene rings is 5. The van der Waals surface area contributed by atoms with E-state index in [9.17, 15) is 5.11 Å². The van der Waals surface area contributed by atoms with Crippen molar-refractivity contribution in [2.75, 3.05) is 0 Å². The molecule has 285 valence electrons. The van der Waals surface area contributed by atoms with Gasteiger partial charge in [-0.3, -0.25) is 4.57 Å². The van der Waals surface area contributed by atoms with Crippen LogP contribution in [0.2, 0.25) is 0 Å². The topological polar surface area (TPSA) is 50.9 Å². The second kappa shape index (κ2) is 17.3. The second-order valence-electron chi connectivity index (χ2n) is 15.6. The summed E-state index contributed by atoms with van der Waals surface area (Å²) >= 11 is 0. The number of imidazole rings is 1. The predicted octanol–water partition coefficient (Wildman–Crippen LogP) is 13.5. The minimum atomic E-state index is 0. The second-order valence-corrected chi connectivity index (χ2v) is 15.6. The van der Waals surface area contributed by atoms with Crippen molar-refractivity contribution >= 4 is 10.8 Å². The van der Waals surface area contributed by atoms with Gasteiger partial charge in [-0.1, -0.05) is 110 Å². The molecule has 5 aromatic carbocycles. The number of fused-ring (bicyclic) bond motifs is 1. The van der Waals surface area contributed by atoms with Crippen molar-refractivity contribution in [2.24, 2.45) is 0 Å². The van der Waals surface area contributed by atoms with E-state index in [1.54, 1.807) is 6.07 Å². The fourth-order valence-electron chi connectivity index (χ4n) is 7.63. The first-order chi connectivity index (χ1) is 25.8. The average Bonchev–Trinajstić information content (AvgIpc) is 3.43. The fourth-order valence-corrected chi connectivity index (χ4v) is 7.63. The van der Waals surface area contributed by atoms with Crippen LogP contribution in [0.1, 0.15) is 104 Å². The summed E-state index contributed by atoms with van der Waals surface area (Å²) < 4.78 is 2.25. The van der Waals surface area contributed by atoms with Gasteiger partial charge < -0.3 is 10.1 Å². The van der Waals surface area contributed by atoms with Crippen LogP contribution in [0.15, 0.2) is 103 Å². The number of phenols is 1. The quantitative estimate of drug-likeness (QED) is 0.162. The van der Waals surface area contributed by atoms with Gasteiger partial charge in [-0.25, -0.2) is 4.98 Å². The van der Waals surface area contributed by atoms with Gasteiger partial charge in [-0.05, 0) is 119 Å². The fraction of sp³-hybridized carbons (Fsp3) is 0.280. The summed E-state index contributed by atoms with van der Waals surface area (Å²) in [7, 11) is 0. The first-order valence-electron chi connectivity index (χ1n) is 19.2. The number of para-hydroxylation sites is 1. The third kappa shape index (κ3) is 8.54. The maximum absolute atomic E-state index is 10.6. The summed E-state index contributed by atoms with van der Waals surface area (Å²) in [6, 6.07) is 37.0. The van der Waals surface area contributed by atoms with E-state index in [1.807, 2.05) is 31.3 Å². The van der Waals surface area contributed by atoms with Crippen LogP contribution < -0.4 is 0 Å². The molecule has 0 atom stereocenters. The van der Waals surface area contributed by atoms with Crippen molar-refractivity contribution in [2.45, 2.75) is 93.9 Å². The molecular weight excluding hydrogens is 851 g/mol. The molecule has 0 bridgehead atoms. The third-order valence-electron chi connectivity index (χ3n) is 10.5. The number of aryl methyl sites for hydroxylation is 4. The molecule has 2 heterocycles. The Morgan fingerprint density at radius 3 is 1.85 bits per heavy atom. The molecule has 1 radical (unpaired) electrons. The summed E-state index contributed by atoms with van der Waals surface area (Å²) in [5.41, 5.74) is 16.3. The number of phenolic OH excluding ortho intramolecular Hbond substituents is 1. The van der Waals surface area contributed by atoms with Gasteiger partial charge >= 0.3 is 0 Å². The average molecular weight is 905 g/mol. The SMILES string of the molecule is Cc1[c-]c(-c2nccc3c(C)c(C(C)C)ccc23)cc(C)c1.Cc1nc(-c2ccccc2O)n(-c2c(C(C)C)cc(-c3ccccc3)cc2C(C)C)c1C.[Ir]. The Morgan fingerprint density at radius 1 is 0.636 bits per heavy atom. The van der Waals surface area contributed by atoms with Crippen molar-refractivity contribution in [3.63, 3.8) is 0 Å². The van der Waals surface area contributed by atoms with Crippen LogP contribution in [0.5, 0.6) is 5.75 Å². The number of hydrogen-bond donors (Lipinski definition) is 1. The zero-order valence-corrected chi connectivity index (χ0v) is 36.6. The maximum Gasteiger partial charge on any atom is 0.148 e. The van der Waals surface area contributed by atoms with Gasteiger partial charge in [0.25, 0.3) is 0 Å². The van der Waals surface area contributed by atoms with Crippen LogP contribution in [-0.4, -0.2) is 19.6 Å². The number of aromatic nitrogens is 3. The van der Waals surface area contributed by atoms with E-state index < -0.39 is 0 Å². The first-order valence-corrected chi connectivity index (χ1v) is 19.2. The summed E-state index contributed by atoms with van der Waals surface area (Å²) in [6.07, 6.45) is 1.92. The minimum Gasteiger partial charge on any atom is -0.507 e. The molecule has 55 heavy (non-hydrogen) atoms. The van der Waals surface area contributed by atoms with Gasteiger partial charge in [-0.15, -0.1) is 34.9 Å². The van der Waals surface area contributed by atoms with Crippen LogP contribution in [-0.2, 0) is 20.1 Å². The molecule has 0 fully saturated rings. The smallest absolute Gasteiger partial charge is 0.148 e. The van der Waals surface area contributed by atoms with E-state index in [4.69, 9.17) is 4.98 Å². The molecule has 0 aliphatic heterocycles. The molecule has 7 aromatic rings. The van der Waals surface area contributed by atoms with E-state index >= 15 is 0 Å². The standard InChI is InChI=1S/C29H32N2O.C21H22N.Ir/c1-18(2)25-16-23(22-12-8-7-9-13-22)17-26(19(3)4)28(25)31-21(6)20(5)30-29(31)24-14-10-11-15-27(24)32;1-13(2)18-6-7-20-19(16(18)5)8-9-22-21(20)17-11-14(3)10-15(4)12-17;/h7-19,32H,1-6H3;6-11,13H,1-5H3;/q;-1;. The summed E-state index contributed by atoms with van der Waals surface area (Å²) in [4.78, 5) is 9.55. The Bertz CT molecular complexity index is 2390. The Balaban J connectivity index is 0.000000221. The molecule has 2 aromatic heterocycles. The van der Waals surface area contributed by atoms with Crippen LogP contribution in [0.25, 0.3) is 50.2 Å². The molecule has 0 spiro atoms. The van der Waals surface area contributed by atoms with Crippen LogP contribution >= 0.6 is 0 Å². The normalized spacial score (nSPS) is 11.2. The van der Waals surface area contributed by atoms with Gasteiger partial charge in [0, 0.05) is 32.0 Å². The third-order valence-corrected chi connectivity index (χ3v) is 10.5. The van der Waals surface area contributed by atoms with Crippen LogP contribution in [0.3, 0.4) is 0 Å². The molecule has 1 N–H and O–H groups in total. The Hall–Kier alpha value is -4.83. The number of nitrogens with zero attached hydrogens (tertiary/aromatic N) is 3. The van der Waals surface area contributed by atoms with Crippen LogP contribution in [0, 0.1) is 40.7 Å². The Morgan fingerprint density at radius 2 is 1.25 bits per heavy atom. The van der Waals surface area contributed by atoms with E-state index in [0.717, 1.165) is 39.6 Å². The zero-order valence-electron chi connectivity index (χ0n) is 34.2. The predicted molar refractivity (Wildman–Crippen MR) is 228 cm³/mol. The maximum atomic E-state index is 10.6. The number of aromatic hydroxyl groups is 1. The van der Waals surface area contributed by atoms with Crippen molar-refractivity contribution in [3.05, 3.63) is 154 Å².